The molecule has 0 unspecified atom stereocenters. The van der Waals surface area contributed by atoms with E-state index < -0.39 is 6.67 Å². The molecule has 0 heterocycles. The van der Waals surface area contributed by atoms with Crippen molar-refractivity contribution in [3.63, 3.8) is 0 Å². The van der Waals surface area contributed by atoms with Crippen LogP contribution in [0.15, 0.2) is 48.6 Å². The van der Waals surface area contributed by atoms with Gasteiger partial charge in [-0.1, -0.05) is 75.3 Å². The van der Waals surface area contributed by atoms with Crippen LogP contribution in [0.25, 0.3) is 0 Å². The van der Waals surface area contributed by atoms with Gasteiger partial charge in [-0.2, -0.15) is 0 Å². The zero-order valence-corrected chi connectivity index (χ0v) is 16.8. The molecule has 0 spiro atoms. The Morgan fingerprint density at radius 3 is 1.96 bits per heavy atom. The summed E-state index contributed by atoms with van der Waals surface area (Å²) in [5.41, 5.74) is 0. The second kappa shape index (κ2) is 19.7. The molecule has 0 rings (SSSR count). The maximum absolute atomic E-state index is 12.0. The number of alkyl halides is 1. The Labute approximate surface area is 160 Å². The van der Waals surface area contributed by atoms with Gasteiger partial charge in [0.1, 0.15) is 6.67 Å². The highest BCUT2D eigenvalue weighted by Crippen LogP contribution is 2.06. The van der Waals surface area contributed by atoms with Crippen LogP contribution < -0.4 is 5.32 Å². The molecule has 0 fully saturated rings. The molecule has 3 heteroatoms. The molecular formula is C23H38FNO. The van der Waals surface area contributed by atoms with Crippen LogP contribution in [0.3, 0.4) is 0 Å². The number of nitrogens with one attached hydrogen (secondary N) is 1. The predicted octanol–water partition coefficient (Wildman–Crippen LogP) is 6.46. The van der Waals surface area contributed by atoms with E-state index in [1.165, 1.54) is 25.7 Å². The lowest BCUT2D eigenvalue weighted by Gasteiger charge is -2.09. The van der Waals surface area contributed by atoms with Crippen molar-refractivity contribution < 1.29 is 9.18 Å². The zero-order valence-electron chi connectivity index (χ0n) is 16.8. The summed E-state index contributed by atoms with van der Waals surface area (Å²) in [5.74, 6) is -0.119. The van der Waals surface area contributed by atoms with E-state index in [-0.39, 0.29) is 18.4 Å². The van der Waals surface area contributed by atoms with Crippen molar-refractivity contribution in [1.82, 2.24) is 5.32 Å². The Balaban J connectivity index is 3.58. The van der Waals surface area contributed by atoms with E-state index in [1.807, 2.05) is 6.92 Å². The van der Waals surface area contributed by atoms with Crippen LogP contribution in [0.4, 0.5) is 4.39 Å². The minimum Gasteiger partial charge on any atom is -0.353 e. The van der Waals surface area contributed by atoms with E-state index in [9.17, 15) is 9.18 Å². The molecule has 0 radical (unpaired) electrons. The Morgan fingerprint density at radius 2 is 1.42 bits per heavy atom. The normalized spacial score (nSPS) is 13.5. The SMILES string of the molecule is CCCCC/C=C\C/C=C\C/C=C\C/C=C\CC[C@H](C)C(=O)NCCF. The van der Waals surface area contributed by atoms with Gasteiger partial charge < -0.3 is 5.32 Å². The monoisotopic (exact) mass is 363 g/mol. The van der Waals surface area contributed by atoms with Crippen molar-refractivity contribution in [1.29, 1.82) is 0 Å². The second-order valence-corrected chi connectivity index (χ2v) is 6.55. The summed E-state index contributed by atoms with van der Waals surface area (Å²) in [5, 5.41) is 2.58. The molecule has 1 atom stereocenters. The average Bonchev–Trinajstić information content (AvgIpc) is 2.65. The van der Waals surface area contributed by atoms with Gasteiger partial charge in [0.25, 0.3) is 0 Å². The lowest BCUT2D eigenvalue weighted by Crippen LogP contribution is -2.30. The molecule has 1 N–H and O–H groups in total. The summed E-state index contributed by atoms with van der Waals surface area (Å²) in [6, 6.07) is 0. The summed E-state index contributed by atoms with van der Waals surface area (Å²) in [7, 11) is 0. The Hall–Kier alpha value is -1.64. The second-order valence-electron chi connectivity index (χ2n) is 6.55. The molecule has 0 aliphatic carbocycles. The van der Waals surface area contributed by atoms with Crippen molar-refractivity contribution >= 4 is 5.91 Å². The Morgan fingerprint density at radius 1 is 0.885 bits per heavy atom. The molecule has 0 aliphatic heterocycles. The zero-order chi connectivity index (χ0) is 19.3. The van der Waals surface area contributed by atoms with Crippen molar-refractivity contribution in [3.8, 4) is 0 Å². The van der Waals surface area contributed by atoms with Crippen LogP contribution in [0.5, 0.6) is 0 Å². The molecule has 148 valence electrons. The summed E-state index contributed by atoms with van der Waals surface area (Å²) in [6.07, 6.45) is 27.3. The van der Waals surface area contributed by atoms with Gasteiger partial charge in [0.15, 0.2) is 0 Å². The van der Waals surface area contributed by atoms with E-state index in [0.29, 0.717) is 0 Å². The lowest BCUT2D eigenvalue weighted by atomic mass is 10.0. The largest absolute Gasteiger partial charge is 0.353 e. The van der Waals surface area contributed by atoms with Crippen LogP contribution in [0.1, 0.15) is 71.6 Å². The fourth-order valence-electron chi connectivity index (χ4n) is 2.38. The van der Waals surface area contributed by atoms with Gasteiger partial charge in [-0.05, 0) is 44.9 Å². The number of carbonyl (C=O) groups is 1. The van der Waals surface area contributed by atoms with E-state index in [4.69, 9.17) is 0 Å². The summed E-state index contributed by atoms with van der Waals surface area (Å²) >= 11 is 0. The van der Waals surface area contributed by atoms with Crippen molar-refractivity contribution in [3.05, 3.63) is 48.6 Å². The number of allylic oxidation sites excluding steroid dienone is 8. The minimum atomic E-state index is -0.504. The highest BCUT2D eigenvalue weighted by Gasteiger charge is 2.10. The third-order valence-electron chi connectivity index (χ3n) is 4.07. The van der Waals surface area contributed by atoms with Crippen LogP contribution in [0, 0.1) is 5.92 Å². The number of amides is 1. The molecule has 0 bridgehead atoms. The van der Waals surface area contributed by atoms with Gasteiger partial charge in [-0.25, -0.2) is 4.39 Å². The maximum Gasteiger partial charge on any atom is 0.222 e. The van der Waals surface area contributed by atoms with Crippen LogP contribution >= 0.6 is 0 Å². The summed E-state index contributed by atoms with van der Waals surface area (Å²) in [4.78, 5) is 11.6. The molecule has 0 saturated heterocycles. The standard InChI is InChI=1S/C23H38FNO/c1-3-4-5-6-7-8-9-10-11-12-13-14-15-16-17-18-19-22(2)23(26)25-21-20-24/h7-8,10-11,13-14,16-17,22H,3-6,9,12,15,18-21H2,1-2H3,(H,25,26)/b8-7-,11-10-,14-13-,17-16-/t22-/m0/s1. The van der Waals surface area contributed by atoms with Crippen molar-refractivity contribution in [2.24, 2.45) is 5.92 Å². The number of unbranched alkanes of at least 4 members (excludes halogenated alkanes) is 3. The first-order valence-electron chi connectivity index (χ1n) is 10.2. The first kappa shape index (κ1) is 24.4. The van der Waals surface area contributed by atoms with E-state index in [1.54, 1.807) is 0 Å². The number of hydrogen-bond donors (Lipinski definition) is 1. The third-order valence-corrected chi connectivity index (χ3v) is 4.07. The number of rotatable bonds is 16. The molecule has 0 aliphatic rings. The molecule has 0 saturated carbocycles. The third kappa shape index (κ3) is 17.2. The van der Waals surface area contributed by atoms with E-state index >= 15 is 0 Å². The molecule has 1 amide bonds. The van der Waals surface area contributed by atoms with E-state index in [0.717, 1.165) is 32.1 Å². The Bertz CT molecular complexity index is 437. The number of carbonyl (C=O) groups excluding carboxylic acids is 1. The minimum absolute atomic E-state index is 0.0569. The van der Waals surface area contributed by atoms with Gasteiger partial charge in [0.05, 0.1) is 0 Å². The van der Waals surface area contributed by atoms with Gasteiger partial charge >= 0.3 is 0 Å². The van der Waals surface area contributed by atoms with Gasteiger partial charge in [-0.15, -0.1) is 0 Å². The predicted molar refractivity (Wildman–Crippen MR) is 112 cm³/mol. The molecule has 26 heavy (non-hydrogen) atoms. The Kier molecular flexibility index (Phi) is 18.4. The van der Waals surface area contributed by atoms with Gasteiger partial charge in [0, 0.05) is 12.5 Å². The highest BCUT2D eigenvalue weighted by atomic mass is 19.1. The number of halogens is 1. The smallest absolute Gasteiger partial charge is 0.222 e. The van der Waals surface area contributed by atoms with E-state index in [2.05, 4.69) is 60.8 Å². The first-order chi connectivity index (χ1) is 12.7. The molecule has 2 nitrogen and oxygen atoms in total. The maximum atomic E-state index is 12.0. The van der Waals surface area contributed by atoms with Crippen LogP contribution in [-0.2, 0) is 4.79 Å². The molecule has 0 aromatic carbocycles. The molecule has 0 aromatic heterocycles. The number of hydrogen-bond acceptors (Lipinski definition) is 1. The van der Waals surface area contributed by atoms with Crippen molar-refractivity contribution in [2.45, 2.75) is 71.6 Å². The first-order valence-corrected chi connectivity index (χ1v) is 10.2. The van der Waals surface area contributed by atoms with Crippen LogP contribution in [0.2, 0.25) is 0 Å². The van der Waals surface area contributed by atoms with Crippen LogP contribution in [-0.4, -0.2) is 19.1 Å². The average molecular weight is 364 g/mol. The quantitative estimate of drug-likeness (QED) is 0.247. The molecule has 0 aromatic rings. The van der Waals surface area contributed by atoms with Gasteiger partial charge in [-0.3, -0.25) is 4.79 Å². The lowest BCUT2D eigenvalue weighted by molar-refractivity contribution is -0.124. The van der Waals surface area contributed by atoms with Gasteiger partial charge in [0.2, 0.25) is 5.91 Å². The topological polar surface area (TPSA) is 29.1 Å². The highest BCUT2D eigenvalue weighted by molar-refractivity contribution is 5.78. The summed E-state index contributed by atoms with van der Waals surface area (Å²) in [6.45, 7) is 3.73. The fraction of sp³-hybridized carbons (Fsp3) is 0.609. The fourth-order valence-corrected chi connectivity index (χ4v) is 2.38. The van der Waals surface area contributed by atoms with Crippen molar-refractivity contribution in [2.75, 3.05) is 13.2 Å². The molecular weight excluding hydrogens is 325 g/mol. The summed E-state index contributed by atoms with van der Waals surface area (Å²) < 4.78 is 12.0.